The molecule has 0 aromatic heterocycles. The largest absolute Gasteiger partial charge is 0.482 e. The number of hydrogen-bond acceptors (Lipinski definition) is 5. The molecule has 1 fully saturated rings. The van der Waals surface area contributed by atoms with E-state index < -0.39 is 15.9 Å². The fourth-order valence-corrected chi connectivity index (χ4v) is 5.82. The number of hydrogen-bond donors (Lipinski definition) is 2. The number of sulfonamides is 1. The number of nitrogens with zero attached hydrogens (tertiary/aromatic N) is 1. The van der Waals surface area contributed by atoms with Gasteiger partial charge in [-0.15, -0.1) is 0 Å². The molecule has 0 unspecified atom stereocenters. The predicted octanol–water partition coefficient (Wildman–Crippen LogP) is 2.70. The third-order valence-corrected chi connectivity index (χ3v) is 7.92. The smallest absolute Gasteiger partial charge is 0.262 e. The summed E-state index contributed by atoms with van der Waals surface area (Å²) in [6.45, 7) is 2.33. The van der Waals surface area contributed by atoms with E-state index in [1.54, 1.807) is 25.1 Å². The molecule has 1 atom stereocenters. The molecule has 2 N–H and O–H groups in total. The molecule has 0 radical (unpaired) electrons. The highest BCUT2D eigenvalue weighted by Crippen LogP contribution is 2.35. The summed E-state index contributed by atoms with van der Waals surface area (Å²) in [5.41, 5.74) is 1.87. The summed E-state index contributed by atoms with van der Waals surface area (Å²) < 4.78 is 33.5. The molecular formula is C22H24ClN3O5S. The first kappa shape index (κ1) is 22.6. The Kier molecular flexibility index (Phi) is 6.41. The van der Waals surface area contributed by atoms with E-state index in [-0.39, 0.29) is 29.9 Å². The number of anilines is 1. The van der Waals surface area contributed by atoms with Gasteiger partial charge in [0, 0.05) is 30.7 Å². The van der Waals surface area contributed by atoms with Gasteiger partial charge in [-0.2, -0.15) is 4.31 Å². The molecule has 0 aliphatic carbocycles. The summed E-state index contributed by atoms with van der Waals surface area (Å²) in [5.74, 6) is -0.564. The number of piperidine rings is 1. The Balaban J connectivity index is 1.47. The number of fused-ring (bicyclic) bond motifs is 1. The molecule has 8 nitrogen and oxygen atoms in total. The molecule has 10 heteroatoms. The predicted molar refractivity (Wildman–Crippen MR) is 120 cm³/mol. The molecule has 2 aliphatic rings. The van der Waals surface area contributed by atoms with Gasteiger partial charge in [0.25, 0.3) is 5.91 Å². The quantitative estimate of drug-likeness (QED) is 0.689. The van der Waals surface area contributed by atoms with Gasteiger partial charge in [0.1, 0.15) is 5.75 Å². The minimum Gasteiger partial charge on any atom is -0.482 e. The van der Waals surface area contributed by atoms with Crippen LogP contribution in [0.25, 0.3) is 0 Å². The number of amides is 2. The van der Waals surface area contributed by atoms with Crippen LogP contribution in [0.2, 0.25) is 5.02 Å². The van der Waals surface area contributed by atoms with Crippen LogP contribution in [0.15, 0.2) is 41.3 Å². The highest BCUT2D eigenvalue weighted by Gasteiger charge is 2.35. The van der Waals surface area contributed by atoms with Crippen LogP contribution in [0.4, 0.5) is 5.69 Å². The van der Waals surface area contributed by atoms with Crippen molar-refractivity contribution >= 4 is 39.1 Å². The van der Waals surface area contributed by atoms with Crippen molar-refractivity contribution in [2.24, 2.45) is 5.92 Å². The number of nitrogens with one attached hydrogen (secondary N) is 2. The maximum absolute atomic E-state index is 13.4. The molecular weight excluding hydrogens is 454 g/mol. The van der Waals surface area contributed by atoms with Crippen molar-refractivity contribution in [2.75, 3.05) is 25.0 Å². The van der Waals surface area contributed by atoms with Crippen molar-refractivity contribution in [3.63, 3.8) is 0 Å². The van der Waals surface area contributed by atoms with E-state index in [2.05, 4.69) is 10.6 Å². The molecule has 1 saturated heterocycles. The lowest BCUT2D eigenvalue weighted by Crippen LogP contribution is -2.45. The molecule has 0 bridgehead atoms. The first-order valence-corrected chi connectivity index (χ1v) is 12.2. The molecule has 2 heterocycles. The molecule has 2 aromatic rings. The molecule has 0 saturated carbocycles. The van der Waals surface area contributed by atoms with Crippen molar-refractivity contribution in [1.82, 2.24) is 9.62 Å². The number of ether oxygens (including phenoxy) is 1. The minimum atomic E-state index is -3.83. The second kappa shape index (κ2) is 9.09. The van der Waals surface area contributed by atoms with Crippen molar-refractivity contribution in [3.8, 4) is 5.75 Å². The molecule has 32 heavy (non-hydrogen) atoms. The third kappa shape index (κ3) is 4.74. The third-order valence-electron chi connectivity index (χ3n) is 5.66. The lowest BCUT2D eigenvalue weighted by molar-refractivity contribution is -0.126. The summed E-state index contributed by atoms with van der Waals surface area (Å²) in [6, 6.07) is 10.2. The lowest BCUT2D eigenvalue weighted by atomic mass is 9.99. The highest BCUT2D eigenvalue weighted by molar-refractivity contribution is 7.89. The van der Waals surface area contributed by atoms with E-state index in [0.717, 1.165) is 5.56 Å². The van der Waals surface area contributed by atoms with Crippen molar-refractivity contribution < 1.29 is 22.7 Å². The van der Waals surface area contributed by atoms with Crippen molar-refractivity contribution in [1.29, 1.82) is 0 Å². The maximum Gasteiger partial charge on any atom is 0.262 e. The second-order valence-electron chi connectivity index (χ2n) is 8.00. The van der Waals surface area contributed by atoms with Gasteiger partial charge in [-0.25, -0.2) is 8.42 Å². The Bertz CT molecular complexity index is 1150. The average Bonchev–Trinajstić information content (AvgIpc) is 2.78. The maximum atomic E-state index is 13.4. The van der Waals surface area contributed by atoms with Gasteiger partial charge < -0.3 is 15.4 Å². The van der Waals surface area contributed by atoms with Crippen LogP contribution >= 0.6 is 11.6 Å². The fraction of sp³-hybridized carbons (Fsp3) is 0.364. The van der Waals surface area contributed by atoms with Crippen LogP contribution in [0.5, 0.6) is 5.75 Å². The SMILES string of the molecule is Cc1cc2c(cc1S(=O)(=O)N1CCC[C@H](C(=O)NCc3ccc(Cl)cc3)C1)OCC(=O)N2. The molecule has 0 spiro atoms. The Labute approximate surface area is 191 Å². The van der Waals surface area contributed by atoms with Gasteiger partial charge >= 0.3 is 0 Å². The van der Waals surface area contributed by atoms with E-state index in [4.69, 9.17) is 16.3 Å². The van der Waals surface area contributed by atoms with E-state index in [1.165, 1.54) is 10.4 Å². The van der Waals surface area contributed by atoms with Crippen LogP contribution < -0.4 is 15.4 Å². The second-order valence-corrected chi connectivity index (χ2v) is 10.3. The number of aryl methyl sites for hydroxylation is 1. The first-order chi connectivity index (χ1) is 15.2. The van der Waals surface area contributed by atoms with Crippen molar-refractivity contribution in [3.05, 3.63) is 52.5 Å². The summed E-state index contributed by atoms with van der Waals surface area (Å²) >= 11 is 5.89. The number of rotatable bonds is 5. The highest BCUT2D eigenvalue weighted by atomic mass is 35.5. The van der Waals surface area contributed by atoms with Gasteiger partial charge in [-0.3, -0.25) is 9.59 Å². The zero-order valence-corrected chi connectivity index (χ0v) is 19.1. The number of halogens is 1. The number of benzene rings is 2. The van der Waals surface area contributed by atoms with E-state index in [1.807, 2.05) is 12.1 Å². The van der Waals surface area contributed by atoms with E-state index in [0.29, 0.717) is 48.0 Å². The fourth-order valence-electron chi connectivity index (χ4n) is 3.94. The summed E-state index contributed by atoms with van der Waals surface area (Å²) in [4.78, 5) is 24.4. The zero-order chi connectivity index (χ0) is 22.9. The Morgan fingerprint density at radius 3 is 2.78 bits per heavy atom. The van der Waals surface area contributed by atoms with Crippen LogP contribution in [0.3, 0.4) is 0 Å². The first-order valence-electron chi connectivity index (χ1n) is 10.3. The molecule has 2 aliphatic heterocycles. The van der Waals surface area contributed by atoms with E-state index in [9.17, 15) is 18.0 Å². The average molecular weight is 478 g/mol. The van der Waals surface area contributed by atoms with Crippen LogP contribution in [0.1, 0.15) is 24.0 Å². The van der Waals surface area contributed by atoms with Gasteiger partial charge in [-0.05, 0) is 49.1 Å². The molecule has 2 aromatic carbocycles. The topological polar surface area (TPSA) is 105 Å². The summed E-state index contributed by atoms with van der Waals surface area (Å²) in [7, 11) is -3.83. The Morgan fingerprint density at radius 1 is 1.28 bits per heavy atom. The van der Waals surface area contributed by atoms with Crippen LogP contribution in [-0.4, -0.2) is 44.2 Å². The molecule has 4 rings (SSSR count). The van der Waals surface area contributed by atoms with Gasteiger partial charge in [0.05, 0.1) is 16.5 Å². The lowest BCUT2D eigenvalue weighted by Gasteiger charge is -2.32. The van der Waals surface area contributed by atoms with Gasteiger partial charge in [-0.1, -0.05) is 23.7 Å². The van der Waals surface area contributed by atoms with Gasteiger partial charge in [0.2, 0.25) is 15.9 Å². The van der Waals surface area contributed by atoms with E-state index >= 15 is 0 Å². The molecule has 2 amide bonds. The normalized spacial score (nSPS) is 18.9. The van der Waals surface area contributed by atoms with Crippen LogP contribution in [-0.2, 0) is 26.2 Å². The van der Waals surface area contributed by atoms with Crippen LogP contribution in [0, 0.1) is 12.8 Å². The Hall–Kier alpha value is -2.62. The minimum absolute atomic E-state index is 0.114. The Morgan fingerprint density at radius 2 is 2.03 bits per heavy atom. The summed E-state index contributed by atoms with van der Waals surface area (Å²) in [5, 5.41) is 6.20. The number of carbonyl (C=O) groups is 2. The standard InChI is InChI=1S/C22H24ClN3O5S/c1-14-9-18-19(31-13-21(27)25-18)10-20(14)32(29,30)26-8-2-3-16(12-26)22(28)24-11-15-4-6-17(23)7-5-15/h4-7,9-10,16H,2-3,8,11-13H2,1H3,(H,24,28)(H,25,27)/t16-/m0/s1. The van der Waals surface area contributed by atoms with Crippen molar-refractivity contribution in [2.45, 2.75) is 31.2 Å². The zero-order valence-electron chi connectivity index (χ0n) is 17.6. The van der Waals surface area contributed by atoms with Gasteiger partial charge in [0.15, 0.2) is 6.61 Å². The molecule has 170 valence electrons. The summed E-state index contributed by atoms with van der Waals surface area (Å²) in [6.07, 6.45) is 1.21. The monoisotopic (exact) mass is 477 g/mol. The number of carbonyl (C=O) groups excluding carboxylic acids is 2.